The Hall–Kier alpha value is -2.36. The summed E-state index contributed by atoms with van der Waals surface area (Å²) in [5.41, 5.74) is 0.670. The van der Waals surface area contributed by atoms with Crippen molar-refractivity contribution < 1.29 is 13.9 Å². The average molecular weight is 285 g/mol. The van der Waals surface area contributed by atoms with Crippen LogP contribution in [0.5, 0.6) is 5.75 Å². The van der Waals surface area contributed by atoms with Gasteiger partial charge >= 0.3 is 0 Å². The number of hydrogen-bond donors (Lipinski definition) is 0. The van der Waals surface area contributed by atoms with Gasteiger partial charge in [-0.05, 0) is 24.3 Å². The van der Waals surface area contributed by atoms with Crippen molar-refractivity contribution >= 4 is 5.91 Å². The molecule has 0 radical (unpaired) electrons. The van der Waals surface area contributed by atoms with Gasteiger partial charge in [0.2, 0.25) is 0 Å². The molecule has 4 heteroatoms. The van der Waals surface area contributed by atoms with Crippen LogP contribution in [0.15, 0.2) is 54.6 Å². The van der Waals surface area contributed by atoms with Crippen LogP contribution in [0.25, 0.3) is 0 Å². The molecular formula is C17H16FNO2. The van der Waals surface area contributed by atoms with Crippen molar-refractivity contribution in [3.8, 4) is 5.75 Å². The summed E-state index contributed by atoms with van der Waals surface area (Å²) in [4.78, 5) is 14.1. The third kappa shape index (κ3) is 3.05. The molecule has 0 unspecified atom stereocenters. The van der Waals surface area contributed by atoms with Crippen LogP contribution < -0.4 is 4.74 Å². The number of hydrogen-bond acceptors (Lipinski definition) is 2. The molecule has 21 heavy (non-hydrogen) atoms. The Morgan fingerprint density at radius 1 is 1.10 bits per heavy atom. The van der Waals surface area contributed by atoms with E-state index in [9.17, 15) is 9.18 Å². The number of halogens is 1. The maximum atomic E-state index is 13.6. The Balaban J connectivity index is 1.63. The molecule has 3 rings (SSSR count). The fourth-order valence-corrected chi connectivity index (χ4v) is 2.49. The summed E-state index contributed by atoms with van der Waals surface area (Å²) in [6, 6.07) is 15.5. The summed E-state index contributed by atoms with van der Waals surface area (Å²) in [6.45, 7) is 1.12. The summed E-state index contributed by atoms with van der Waals surface area (Å²) in [5, 5.41) is 0. The van der Waals surface area contributed by atoms with Crippen LogP contribution in [-0.2, 0) is 0 Å². The molecule has 3 nitrogen and oxygen atoms in total. The van der Waals surface area contributed by atoms with Crippen molar-refractivity contribution in [2.24, 2.45) is 0 Å². The Kier molecular flexibility index (Phi) is 3.86. The molecular weight excluding hydrogens is 269 g/mol. The molecule has 0 bridgehead atoms. The number of carbonyl (C=O) groups is 1. The third-order valence-corrected chi connectivity index (χ3v) is 3.58. The van der Waals surface area contributed by atoms with E-state index in [0.29, 0.717) is 25.1 Å². The largest absolute Gasteiger partial charge is 0.485 e. The lowest BCUT2D eigenvalue weighted by atomic mass is 10.2. The fourth-order valence-electron chi connectivity index (χ4n) is 2.49. The second-order valence-electron chi connectivity index (χ2n) is 5.08. The van der Waals surface area contributed by atoms with Crippen LogP contribution in [-0.4, -0.2) is 30.0 Å². The van der Waals surface area contributed by atoms with Gasteiger partial charge in [-0.3, -0.25) is 4.79 Å². The second-order valence-corrected chi connectivity index (χ2v) is 5.08. The molecule has 1 aliphatic rings. The number of carbonyl (C=O) groups excluding carboxylic acids is 1. The predicted octanol–water partition coefficient (Wildman–Crippen LogP) is 3.12. The van der Waals surface area contributed by atoms with Crippen molar-refractivity contribution in [1.29, 1.82) is 0 Å². The number of benzene rings is 2. The van der Waals surface area contributed by atoms with Gasteiger partial charge in [-0.1, -0.05) is 30.3 Å². The molecule has 2 aromatic rings. The number of likely N-dealkylation sites (tertiary alicyclic amines) is 1. The van der Waals surface area contributed by atoms with Gasteiger partial charge < -0.3 is 9.64 Å². The van der Waals surface area contributed by atoms with Crippen LogP contribution >= 0.6 is 0 Å². The molecule has 0 spiro atoms. The van der Waals surface area contributed by atoms with E-state index in [-0.39, 0.29) is 23.6 Å². The van der Waals surface area contributed by atoms with Crippen molar-refractivity contribution in [2.45, 2.75) is 12.5 Å². The van der Waals surface area contributed by atoms with E-state index < -0.39 is 0 Å². The predicted molar refractivity (Wildman–Crippen MR) is 77.8 cm³/mol. The number of rotatable bonds is 3. The van der Waals surface area contributed by atoms with Crippen LogP contribution in [0.4, 0.5) is 4.39 Å². The van der Waals surface area contributed by atoms with E-state index in [1.807, 2.05) is 18.2 Å². The zero-order chi connectivity index (χ0) is 14.7. The SMILES string of the molecule is O=C(c1ccccc1)N1CC[C@@H](Oc2ccccc2F)C1. The number of ether oxygens (including phenoxy) is 1. The summed E-state index contributed by atoms with van der Waals surface area (Å²) in [5.74, 6) is -0.128. The first kappa shape index (κ1) is 13.6. The summed E-state index contributed by atoms with van der Waals surface area (Å²) in [7, 11) is 0. The van der Waals surface area contributed by atoms with E-state index >= 15 is 0 Å². The van der Waals surface area contributed by atoms with E-state index in [4.69, 9.17) is 4.74 Å². The van der Waals surface area contributed by atoms with Gasteiger partial charge in [-0.25, -0.2) is 4.39 Å². The van der Waals surface area contributed by atoms with E-state index in [2.05, 4.69) is 0 Å². The molecule has 0 aromatic heterocycles. The molecule has 1 saturated heterocycles. The van der Waals surface area contributed by atoms with Crippen molar-refractivity contribution in [3.63, 3.8) is 0 Å². The molecule has 1 heterocycles. The lowest BCUT2D eigenvalue weighted by Gasteiger charge is -2.17. The molecule has 0 saturated carbocycles. The smallest absolute Gasteiger partial charge is 0.253 e. The Morgan fingerprint density at radius 2 is 1.81 bits per heavy atom. The van der Waals surface area contributed by atoms with E-state index in [1.165, 1.54) is 6.07 Å². The standard InChI is InChI=1S/C17H16FNO2/c18-15-8-4-5-9-16(15)21-14-10-11-19(12-14)17(20)13-6-2-1-3-7-13/h1-9,14H,10-12H2/t14-/m1/s1. The van der Waals surface area contributed by atoms with Crippen molar-refractivity contribution in [1.82, 2.24) is 4.90 Å². The zero-order valence-electron chi connectivity index (χ0n) is 11.5. The van der Waals surface area contributed by atoms with Gasteiger partial charge in [0.1, 0.15) is 6.10 Å². The Bertz CT molecular complexity index is 630. The number of para-hydroxylation sites is 1. The second kappa shape index (κ2) is 5.95. The van der Waals surface area contributed by atoms with Crippen LogP contribution in [0.2, 0.25) is 0 Å². The Labute approximate surface area is 123 Å². The molecule has 2 aromatic carbocycles. The minimum absolute atomic E-state index is 0.00441. The maximum Gasteiger partial charge on any atom is 0.253 e. The van der Waals surface area contributed by atoms with Crippen molar-refractivity contribution in [2.75, 3.05) is 13.1 Å². The van der Waals surface area contributed by atoms with Crippen LogP contribution in [0.3, 0.4) is 0 Å². The quantitative estimate of drug-likeness (QED) is 0.867. The molecule has 0 aliphatic carbocycles. The van der Waals surface area contributed by atoms with Gasteiger partial charge in [0.15, 0.2) is 11.6 Å². The minimum Gasteiger partial charge on any atom is -0.485 e. The summed E-state index contributed by atoms with van der Waals surface area (Å²) < 4.78 is 19.2. The highest BCUT2D eigenvalue weighted by Crippen LogP contribution is 2.22. The topological polar surface area (TPSA) is 29.5 Å². The maximum absolute atomic E-state index is 13.6. The van der Waals surface area contributed by atoms with Crippen LogP contribution in [0.1, 0.15) is 16.8 Å². The Morgan fingerprint density at radius 3 is 2.57 bits per heavy atom. The highest BCUT2D eigenvalue weighted by atomic mass is 19.1. The van der Waals surface area contributed by atoms with E-state index in [0.717, 1.165) is 0 Å². The fraction of sp³-hybridized carbons (Fsp3) is 0.235. The molecule has 108 valence electrons. The lowest BCUT2D eigenvalue weighted by molar-refractivity contribution is 0.0771. The van der Waals surface area contributed by atoms with Gasteiger partial charge in [-0.15, -0.1) is 0 Å². The van der Waals surface area contributed by atoms with Gasteiger partial charge in [0, 0.05) is 18.5 Å². The zero-order valence-corrected chi connectivity index (χ0v) is 11.5. The third-order valence-electron chi connectivity index (χ3n) is 3.58. The molecule has 1 atom stereocenters. The monoisotopic (exact) mass is 285 g/mol. The van der Waals surface area contributed by atoms with Gasteiger partial charge in [0.05, 0.1) is 6.54 Å². The summed E-state index contributed by atoms with van der Waals surface area (Å²) >= 11 is 0. The minimum atomic E-state index is -0.370. The van der Waals surface area contributed by atoms with Gasteiger partial charge in [-0.2, -0.15) is 0 Å². The first-order chi connectivity index (χ1) is 10.2. The number of amides is 1. The molecule has 1 aliphatic heterocycles. The van der Waals surface area contributed by atoms with Crippen molar-refractivity contribution in [3.05, 3.63) is 66.0 Å². The van der Waals surface area contributed by atoms with Gasteiger partial charge in [0.25, 0.3) is 5.91 Å². The normalized spacial score (nSPS) is 17.8. The first-order valence-corrected chi connectivity index (χ1v) is 6.99. The van der Waals surface area contributed by atoms with Crippen LogP contribution in [0, 0.1) is 5.82 Å². The molecule has 1 amide bonds. The van der Waals surface area contributed by atoms with E-state index in [1.54, 1.807) is 35.2 Å². The molecule has 1 fully saturated rings. The highest BCUT2D eigenvalue weighted by Gasteiger charge is 2.28. The average Bonchev–Trinajstić information content (AvgIpc) is 2.98. The highest BCUT2D eigenvalue weighted by molar-refractivity contribution is 5.94. The first-order valence-electron chi connectivity index (χ1n) is 6.99. The number of nitrogens with zero attached hydrogens (tertiary/aromatic N) is 1. The lowest BCUT2D eigenvalue weighted by Crippen LogP contribution is -2.30. The summed E-state index contributed by atoms with van der Waals surface area (Å²) in [6.07, 6.45) is 0.557. The molecule has 0 N–H and O–H groups in total.